The first-order chi connectivity index (χ1) is 10.1. The molecule has 0 saturated carbocycles. The Bertz CT molecular complexity index is 398. The van der Waals surface area contributed by atoms with Crippen molar-refractivity contribution in [1.29, 1.82) is 0 Å². The minimum Gasteiger partial charge on any atom is -0.384 e. The molecular weight excluding hydrogens is 334 g/mol. The third-order valence-electron chi connectivity index (χ3n) is 3.40. The largest absolute Gasteiger partial charge is 0.384 e. The molecule has 0 aliphatic heterocycles. The molecule has 1 N–H and O–H groups in total. The molecule has 5 nitrogen and oxygen atoms in total. The van der Waals surface area contributed by atoms with Crippen LogP contribution in [0, 0.1) is 5.92 Å². The van der Waals surface area contributed by atoms with E-state index in [1.54, 1.807) is 14.2 Å². The highest BCUT2D eigenvalue weighted by Gasteiger charge is 2.21. The zero-order valence-electron chi connectivity index (χ0n) is 13.6. The van der Waals surface area contributed by atoms with Crippen LogP contribution >= 0.6 is 15.9 Å². The van der Waals surface area contributed by atoms with E-state index >= 15 is 0 Å². The van der Waals surface area contributed by atoms with Crippen molar-refractivity contribution in [2.75, 3.05) is 34.0 Å². The SMILES string of the molecule is CCCNC(CC(C)COC)c1c(Br)cnn1CCOC. The number of ether oxygens (including phenoxy) is 2. The van der Waals surface area contributed by atoms with Gasteiger partial charge in [-0.15, -0.1) is 0 Å². The summed E-state index contributed by atoms with van der Waals surface area (Å²) in [7, 11) is 3.47. The van der Waals surface area contributed by atoms with Gasteiger partial charge < -0.3 is 14.8 Å². The molecule has 1 heterocycles. The van der Waals surface area contributed by atoms with Gasteiger partial charge in [-0.1, -0.05) is 13.8 Å². The first-order valence-electron chi connectivity index (χ1n) is 7.56. The van der Waals surface area contributed by atoms with Gasteiger partial charge >= 0.3 is 0 Å². The van der Waals surface area contributed by atoms with Crippen molar-refractivity contribution >= 4 is 15.9 Å². The van der Waals surface area contributed by atoms with E-state index in [1.807, 2.05) is 10.9 Å². The summed E-state index contributed by atoms with van der Waals surface area (Å²) in [6.45, 7) is 7.59. The monoisotopic (exact) mass is 361 g/mol. The van der Waals surface area contributed by atoms with Crippen LogP contribution in [0.5, 0.6) is 0 Å². The van der Waals surface area contributed by atoms with Crippen LogP contribution < -0.4 is 5.32 Å². The van der Waals surface area contributed by atoms with Gasteiger partial charge in [0.1, 0.15) is 0 Å². The van der Waals surface area contributed by atoms with Crippen LogP contribution in [-0.4, -0.2) is 43.8 Å². The summed E-state index contributed by atoms with van der Waals surface area (Å²) < 4.78 is 13.5. The van der Waals surface area contributed by atoms with Crippen molar-refractivity contribution in [2.24, 2.45) is 5.92 Å². The number of hydrogen-bond donors (Lipinski definition) is 1. The molecule has 1 rings (SSSR count). The zero-order valence-corrected chi connectivity index (χ0v) is 15.1. The van der Waals surface area contributed by atoms with Gasteiger partial charge in [0.25, 0.3) is 0 Å². The summed E-state index contributed by atoms with van der Waals surface area (Å²) in [5.41, 5.74) is 1.20. The Morgan fingerprint density at radius 3 is 2.76 bits per heavy atom. The highest BCUT2D eigenvalue weighted by molar-refractivity contribution is 9.10. The molecule has 21 heavy (non-hydrogen) atoms. The van der Waals surface area contributed by atoms with E-state index in [1.165, 1.54) is 5.69 Å². The molecule has 0 radical (unpaired) electrons. The summed E-state index contributed by atoms with van der Waals surface area (Å²) in [6.07, 6.45) is 4.00. The molecule has 0 aromatic carbocycles. The Hall–Kier alpha value is -0.430. The Morgan fingerprint density at radius 1 is 1.38 bits per heavy atom. The average molecular weight is 362 g/mol. The van der Waals surface area contributed by atoms with Gasteiger partial charge in [0.2, 0.25) is 0 Å². The Balaban J connectivity index is 2.87. The summed E-state index contributed by atoms with van der Waals surface area (Å²) in [5, 5.41) is 8.09. The second kappa shape index (κ2) is 10.3. The van der Waals surface area contributed by atoms with Gasteiger partial charge in [0, 0.05) is 20.8 Å². The Kier molecular flexibility index (Phi) is 9.15. The lowest BCUT2D eigenvalue weighted by atomic mass is 10.00. The van der Waals surface area contributed by atoms with Gasteiger partial charge in [0.15, 0.2) is 0 Å². The quantitative estimate of drug-likeness (QED) is 0.658. The lowest BCUT2D eigenvalue weighted by Crippen LogP contribution is -2.28. The number of aromatic nitrogens is 2. The normalized spacial score (nSPS) is 14.3. The maximum Gasteiger partial charge on any atom is 0.0696 e. The molecule has 1 aromatic rings. The average Bonchev–Trinajstić information content (AvgIpc) is 2.82. The van der Waals surface area contributed by atoms with Crippen molar-refractivity contribution in [3.8, 4) is 0 Å². The summed E-state index contributed by atoms with van der Waals surface area (Å²) >= 11 is 3.64. The molecular formula is C15H28BrN3O2. The van der Waals surface area contributed by atoms with Crippen molar-refractivity contribution < 1.29 is 9.47 Å². The second-order valence-corrected chi connectivity index (χ2v) is 6.25. The standard InChI is InChI=1S/C15H28BrN3O2/c1-5-6-17-14(9-12(2)11-21-4)15-13(16)10-18-19(15)7-8-20-3/h10,12,14,17H,5-9,11H2,1-4H3. The van der Waals surface area contributed by atoms with Crippen LogP contribution in [-0.2, 0) is 16.0 Å². The number of halogens is 1. The number of methoxy groups -OCH3 is 2. The zero-order chi connectivity index (χ0) is 15.7. The van der Waals surface area contributed by atoms with Gasteiger partial charge in [0.05, 0.1) is 35.6 Å². The van der Waals surface area contributed by atoms with E-state index in [0.717, 1.165) is 37.0 Å². The molecule has 0 bridgehead atoms. The fraction of sp³-hybridized carbons (Fsp3) is 0.800. The summed E-state index contributed by atoms with van der Waals surface area (Å²) in [6, 6.07) is 0.267. The highest BCUT2D eigenvalue weighted by atomic mass is 79.9. The molecule has 0 aliphatic rings. The van der Waals surface area contributed by atoms with E-state index in [4.69, 9.17) is 9.47 Å². The van der Waals surface area contributed by atoms with Crippen LogP contribution in [0.4, 0.5) is 0 Å². The smallest absolute Gasteiger partial charge is 0.0696 e. The fourth-order valence-corrected chi connectivity index (χ4v) is 3.01. The van der Waals surface area contributed by atoms with Crippen LogP contribution in [0.15, 0.2) is 10.7 Å². The van der Waals surface area contributed by atoms with Gasteiger partial charge in [-0.3, -0.25) is 4.68 Å². The van der Waals surface area contributed by atoms with E-state index < -0.39 is 0 Å². The Morgan fingerprint density at radius 2 is 2.14 bits per heavy atom. The number of nitrogens with one attached hydrogen (secondary N) is 1. The second-order valence-electron chi connectivity index (χ2n) is 5.40. The number of hydrogen-bond acceptors (Lipinski definition) is 4. The van der Waals surface area contributed by atoms with Crippen molar-refractivity contribution in [1.82, 2.24) is 15.1 Å². The molecule has 122 valence electrons. The summed E-state index contributed by atoms with van der Waals surface area (Å²) in [5.74, 6) is 0.488. The van der Waals surface area contributed by atoms with Gasteiger partial charge in [-0.05, 0) is 41.2 Å². The van der Waals surface area contributed by atoms with Crippen LogP contribution in [0.2, 0.25) is 0 Å². The molecule has 0 spiro atoms. The molecule has 0 aliphatic carbocycles. The predicted octanol–water partition coefficient (Wildman–Crippen LogP) is 3.01. The molecule has 2 unspecified atom stereocenters. The molecule has 1 aromatic heterocycles. The van der Waals surface area contributed by atoms with Gasteiger partial charge in [-0.2, -0.15) is 5.10 Å². The molecule has 0 saturated heterocycles. The van der Waals surface area contributed by atoms with Crippen LogP contribution in [0.1, 0.15) is 38.4 Å². The van der Waals surface area contributed by atoms with E-state index in [0.29, 0.717) is 12.5 Å². The molecule has 6 heteroatoms. The third kappa shape index (κ3) is 6.06. The minimum absolute atomic E-state index is 0.267. The predicted molar refractivity (Wildman–Crippen MR) is 88.5 cm³/mol. The lowest BCUT2D eigenvalue weighted by molar-refractivity contribution is 0.147. The van der Waals surface area contributed by atoms with E-state index in [9.17, 15) is 0 Å². The number of nitrogens with zero attached hydrogens (tertiary/aromatic N) is 2. The van der Waals surface area contributed by atoms with Crippen LogP contribution in [0.25, 0.3) is 0 Å². The lowest BCUT2D eigenvalue weighted by Gasteiger charge is -2.23. The maximum absolute atomic E-state index is 5.27. The van der Waals surface area contributed by atoms with Crippen LogP contribution in [0.3, 0.4) is 0 Å². The highest BCUT2D eigenvalue weighted by Crippen LogP contribution is 2.28. The maximum atomic E-state index is 5.27. The minimum atomic E-state index is 0.267. The van der Waals surface area contributed by atoms with Crippen molar-refractivity contribution in [3.05, 3.63) is 16.4 Å². The van der Waals surface area contributed by atoms with Crippen molar-refractivity contribution in [2.45, 2.75) is 39.3 Å². The van der Waals surface area contributed by atoms with E-state index in [2.05, 4.69) is 40.2 Å². The first kappa shape index (κ1) is 18.6. The topological polar surface area (TPSA) is 48.3 Å². The fourth-order valence-electron chi connectivity index (χ4n) is 2.44. The molecule has 0 fully saturated rings. The number of rotatable bonds is 11. The van der Waals surface area contributed by atoms with Crippen molar-refractivity contribution in [3.63, 3.8) is 0 Å². The Labute approximate surface area is 136 Å². The molecule has 0 amide bonds. The first-order valence-corrected chi connectivity index (χ1v) is 8.35. The molecule has 2 atom stereocenters. The van der Waals surface area contributed by atoms with Gasteiger partial charge in [-0.25, -0.2) is 0 Å². The summed E-state index contributed by atoms with van der Waals surface area (Å²) in [4.78, 5) is 0. The van der Waals surface area contributed by atoms with E-state index in [-0.39, 0.29) is 6.04 Å². The third-order valence-corrected chi connectivity index (χ3v) is 4.01.